The van der Waals surface area contributed by atoms with Gasteiger partial charge in [0.2, 0.25) is 0 Å². The first-order valence-electron chi connectivity index (χ1n) is 6.27. The van der Waals surface area contributed by atoms with Gasteiger partial charge in [0.25, 0.3) is 0 Å². The Hall–Kier alpha value is -0.910. The number of oxime groups is 1. The molecule has 0 bridgehead atoms. The Morgan fingerprint density at radius 3 is 3.00 bits per heavy atom. The number of benzene rings is 1. The second-order valence-electron chi connectivity index (χ2n) is 4.53. The molecule has 0 amide bonds. The second-order valence-corrected chi connectivity index (χ2v) is 6.17. The molecule has 1 heterocycles. The fourth-order valence-corrected chi connectivity index (χ4v) is 3.25. The van der Waals surface area contributed by atoms with Crippen LogP contribution >= 0.6 is 23.4 Å². The van der Waals surface area contributed by atoms with Gasteiger partial charge in [0, 0.05) is 29.4 Å². The normalized spacial score (nSPS) is 18.3. The molecule has 104 valence electrons. The van der Waals surface area contributed by atoms with Crippen LogP contribution in [0.5, 0.6) is 0 Å². The van der Waals surface area contributed by atoms with Crippen LogP contribution in [-0.4, -0.2) is 40.5 Å². The zero-order chi connectivity index (χ0) is 13.7. The van der Waals surface area contributed by atoms with Crippen molar-refractivity contribution in [2.24, 2.45) is 10.9 Å². The van der Waals surface area contributed by atoms with E-state index >= 15 is 0 Å². The van der Waals surface area contributed by atoms with Crippen molar-refractivity contribution in [3.05, 3.63) is 34.3 Å². The molecule has 1 aliphatic heterocycles. The summed E-state index contributed by atoms with van der Waals surface area (Å²) in [6.45, 7) is 3.07. The van der Waals surface area contributed by atoms with Gasteiger partial charge >= 0.3 is 0 Å². The van der Waals surface area contributed by atoms with Crippen LogP contribution in [-0.2, 0) is 6.54 Å². The Balaban J connectivity index is 2.08. The minimum Gasteiger partial charge on any atom is -0.409 e. The molecule has 0 unspecified atom stereocenters. The van der Waals surface area contributed by atoms with E-state index in [-0.39, 0.29) is 5.84 Å². The van der Waals surface area contributed by atoms with Gasteiger partial charge in [0.1, 0.15) is 0 Å². The molecule has 19 heavy (non-hydrogen) atoms. The summed E-state index contributed by atoms with van der Waals surface area (Å²) < 4.78 is 0. The van der Waals surface area contributed by atoms with Crippen molar-refractivity contribution < 1.29 is 5.21 Å². The van der Waals surface area contributed by atoms with Crippen molar-refractivity contribution in [3.8, 4) is 0 Å². The summed E-state index contributed by atoms with van der Waals surface area (Å²) in [6.07, 6.45) is 1.23. The molecule has 4 nitrogen and oxygen atoms in total. The molecule has 6 heteroatoms. The molecule has 2 rings (SSSR count). The van der Waals surface area contributed by atoms with E-state index in [1.54, 1.807) is 6.07 Å². The van der Waals surface area contributed by atoms with Crippen LogP contribution in [0, 0.1) is 0 Å². The third-order valence-electron chi connectivity index (χ3n) is 3.17. The predicted molar refractivity (Wildman–Crippen MR) is 81.2 cm³/mol. The van der Waals surface area contributed by atoms with E-state index < -0.39 is 0 Å². The van der Waals surface area contributed by atoms with Crippen LogP contribution in [0.1, 0.15) is 17.5 Å². The van der Waals surface area contributed by atoms with E-state index in [1.807, 2.05) is 23.9 Å². The molecule has 0 spiro atoms. The van der Waals surface area contributed by atoms with Crippen molar-refractivity contribution in [3.63, 3.8) is 0 Å². The number of halogens is 1. The minimum absolute atomic E-state index is 0.0830. The maximum Gasteiger partial charge on any atom is 0.170 e. The second kappa shape index (κ2) is 7.03. The first-order valence-corrected chi connectivity index (χ1v) is 7.80. The maximum absolute atomic E-state index is 8.65. The first-order chi connectivity index (χ1) is 9.20. The number of amidine groups is 1. The van der Waals surface area contributed by atoms with Crippen molar-refractivity contribution in [1.29, 1.82) is 0 Å². The Labute approximate surface area is 122 Å². The van der Waals surface area contributed by atoms with E-state index in [2.05, 4.69) is 10.1 Å². The van der Waals surface area contributed by atoms with Crippen LogP contribution in [0.2, 0.25) is 5.02 Å². The molecule has 0 saturated carbocycles. The molecule has 3 N–H and O–H groups in total. The average Bonchev–Trinajstić information content (AvgIpc) is 2.68. The molecule has 0 aliphatic carbocycles. The Kier molecular flexibility index (Phi) is 5.36. The van der Waals surface area contributed by atoms with Crippen molar-refractivity contribution >= 4 is 29.2 Å². The van der Waals surface area contributed by atoms with E-state index in [9.17, 15) is 0 Å². The molecule has 0 radical (unpaired) electrons. The monoisotopic (exact) mass is 299 g/mol. The van der Waals surface area contributed by atoms with Gasteiger partial charge in [-0.1, -0.05) is 28.9 Å². The van der Waals surface area contributed by atoms with Gasteiger partial charge in [-0.3, -0.25) is 4.90 Å². The zero-order valence-electron chi connectivity index (χ0n) is 10.7. The smallest absolute Gasteiger partial charge is 0.170 e. The van der Waals surface area contributed by atoms with E-state index in [0.717, 1.165) is 25.2 Å². The molecule has 1 saturated heterocycles. The average molecular weight is 300 g/mol. The summed E-state index contributed by atoms with van der Waals surface area (Å²) in [4.78, 5) is 2.42. The molecule has 1 aliphatic rings. The van der Waals surface area contributed by atoms with Gasteiger partial charge in [-0.25, -0.2) is 0 Å². The van der Waals surface area contributed by atoms with E-state index in [1.165, 1.54) is 17.9 Å². The molecule has 0 aromatic heterocycles. The van der Waals surface area contributed by atoms with Crippen LogP contribution in [0.25, 0.3) is 0 Å². The van der Waals surface area contributed by atoms with Gasteiger partial charge in [-0.2, -0.15) is 11.8 Å². The lowest BCUT2D eigenvalue weighted by atomic mass is 10.1. The van der Waals surface area contributed by atoms with Gasteiger partial charge < -0.3 is 10.9 Å². The summed E-state index contributed by atoms with van der Waals surface area (Å²) in [5.74, 6) is 2.51. The lowest BCUT2D eigenvalue weighted by molar-refractivity contribution is 0.287. The van der Waals surface area contributed by atoms with Crippen LogP contribution in [0.15, 0.2) is 23.4 Å². The summed E-state index contributed by atoms with van der Waals surface area (Å²) in [5, 5.41) is 12.3. The van der Waals surface area contributed by atoms with Gasteiger partial charge in [-0.05, 0) is 30.3 Å². The largest absolute Gasteiger partial charge is 0.409 e. The number of thioether (sulfide) groups is 1. The quantitative estimate of drug-likeness (QED) is 0.389. The highest BCUT2D eigenvalue weighted by Crippen LogP contribution is 2.21. The van der Waals surface area contributed by atoms with E-state index in [4.69, 9.17) is 22.5 Å². The van der Waals surface area contributed by atoms with Crippen molar-refractivity contribution in [2.45, 2.75) is 13.0 Å². The Bertz CT molecular complexity index is 459. The van der Waals surface area contributed by atoms with Gasteiger partial charge in [0.15, 0.2) is 5.84 Å². The van der Waals surface area contributed by atoms with E-state index in [0.29, 0.717) is 10.6 Å². The van der Waals surface area contributed by atoms with Crippen LogP contribution in [0.3, 0.4) is 0 Å². The number of hydrogen-bond donors (Lipinski definition) is 2. The first kappa shape index (κ1) is 14.5. The zero-order valence-corrected chi connectivity index (χ0v) is 12.3. The highest BCUT2D eigenvalue weighted by molar-refractivity contribution is 7.99. The lowest BCUT2D eigenvalue weighted by Crippen LogP contribution is -2.25. The maximum atomic E-state index is 8.65. The number of nitrogens with two attached hydrogens (primary N) is 1. The minimum atomic E-state index is 0.0830. The Morgan fingerprint density at radius 1 is 1.42 bits per heavy atom. The fraction of sp³-hybridized carbons (Fsp3) is 0.462. The van der Waals surface area contributed by atoms with Gasteiger partial charge in [-0.15, -0.1) is 0 Å². The molecule has 1 fully saturated rings. The summed E-state index contributed by atoms with van der Waals surface area (Å²) >= 11 is 8.28. The fourth-order valence-electron chi connectivity index (χ4n) is 2.09. The molecule has 0 atom stereocenters. The molecular weight excluding hydrogens is 282 g/mol. The van der Waals surface area contributed by atoms with Crippen LogP contribution in [0.4, 0.5) is 0 Å². The summed E-state index contributed by atoms with van der Waals surface area (Å²) in [7, 11) is 0. The predicted octanol–water partition coefficient (Wildman–Crippen LogP) is 2.37. The Morgan fingerprint density at radius 2 is 2.26 bits per heavy atom. The third kappa shape index (κ3) is 4.03. The number of nitrogens with zero attached hydrogens (tertiary/aromatic N) is 2. The number of hydrogen-bond acceptors (Lipinski definition) is 4. The SMILES string of the molecule is N/C(=N/O)c1ccc(CN2CCCSCC2)c(Cl)c1. The third-order valence-corrected chi connectivity index (χ3v) is 4.57. The van der Waals surface area contributed by atoms with Crippen molar-refractivity contribution in [1.82, 2.24) is 4.90 Å². The standard InChI is InChI=1S/C13H18ClN3OS/c14-12-8-10(13(15)16-18)2-3-11(12)9-17-4-1-6-19-7-5-17/h2-3,8,18H,1,4-7,9H2,(H2,15,16). The summed E-state index contributed by atoms with van der Waals surface area (Å²) in [5.41, 5.74) is 7.27. The molecular formula is C13H18ClN3OS. The lowest BCUT2D eigenvalue weighted by Gasteiger charge is -2.20. The van der Waals surface area contributed by atoms with Gasteiger partial charge in [0.05, 0.1) is 0 Å². The molecule has 1 aromatic carbocycles. The van der Waals surface area contributed by atoms with Crippen molar-refractivity contribution in [2.75, 3.05) is 24.6 Å². The highest BCUT2D eigenvalue weighted by Gasteiger charge is 2.12. The number of rotatable bonds is 3. The highest BCUT2D eigenvalue weighted by atomic mass is 35.5. The molecule has 1 aromatic rings. The summed E-state index contributed by atoms with van der Waals surface area (Å²) in [6, 6.07) is 5.54. The van der Waals surface area contributed by atoms with Crippen LogP contribution < -0.4 is 5.73 Å². The topological polar surface area (TPSA) is 61.9 Å².